The van der Waals surface area contributed by atoms with Gasteiger partial charge in [0, 0.05) is 37.4 Å². The van der Waals surface area contributed by atoms with E-state index in [0.29, 0.717) is 24.2 Å². The lowest BCUT2D eigenvalue weighted by Crippen LogP contribution is -2.49. The molecule has 1 heterocycles. The van der Waals surface area contributed by atoms with Gasteiger partial charge in [-0.25, -0.2) is 0 Å². The Morgan fingerprint density at radius 1 is 1.15 bits per heavy atom. The molecule has 0 bridgehead atoms. The molecule has 0 saturated heterocycles. The molecule has 2 N–H and O–H groups in total. The van der Waals surface area contributed by atoms with Crippen LogP contribution < -0.4 is 10.2 Å². The minimum atomic E-state index is -0.721. The zero-order valence-electron chi connectivity index (χ0n) is 21.6. The molecule has 1 aliphatic heterocycles. The van der Waals surface area contributed by atoms with E-state index in [0.717, 1.165) is 34.4 Å². The number of anilines is 2. The molecule has 2 aromatic carbocycles. The highest BCUT2D eigenvalue weighted by Gasteiger charge is 2.41. The van der Waals surface area contributed by atoms with E-state index in [9.17, 15) is 14.7 Å². The number of carbonyl (C=O) groups is 2. The van der Waals surface area contributed by atoms with Crippen molar-refractivity contribution in [3.05, 3.63) is 52.1 Å². The second-order valence-corrected chi connectivity index (χ2v) is 9.99. The van der Waals surface area contributed by atoms with Gasteiger partial charge in [0.2, 0.25) is 5.91 Å². The number of nitrogens with zero attached hydrogens (tertiary/aromatic N) is 2. The molecule has 34 heavy (non-hydrogen) atoms. The predicted molar refractivity (Wildman–Crippen MR) is 141 cm³/mol. The summed E-state index contributed by atoms with van der Waals surface area (Å²) < 4.78 is 0. The Labute approximate surface area is 209 Å². The van der Waals surface area contributed by atoms with E-state index in [2.05, 4.69) is 17.4 Å². The summed E-state index contributed by atoms with van der Waals surface area (Å²) in [5.41, 5.74) is 5.31. The minimum Gasteiger partial charge on any atom is -0.507 e. The Kier molecular flexibility index (Phi) is 8.30. The third-order valence-corrected chi connectivity index (χ3v) is 7.16. The van der Waals surface area contributed by atoms with Crippen LogP contribution in [0.15, 0.2) is 24.3 Å². The fourth-order valence-corrected chi connectivity index (χ4v) is 4.32. The van der Waals surface area contributed by atoms with Crippen molar-refractivity contribution in [2.75, 3.05) is 30.9 Å². The van der Waals surface area contributed by atoms with Crippen LogP contribution in [0.4, 0.5) is 11.4 Å². The molecule has 0 aliphatic carbocycles. The first-order valence-electron chi connectivity index (χ1n) is 11.6. The summed E-state index contributed by atoms with van der Waals surface area (Å²) >= 11 is 0. The first-order chi connectivity index (χ1) is 15.4. The zero-order valence-corrected chi connectivity index (χ0v) is 22.4. The van der Waals surface area contributed by atoms with E-state index in [-0.39, 0.29) is 30.0 Å². The second-order valence-electron chi connectivity index (χ2n) is 9.99. The van der Waals surface area contributed by atoms with Gasteiger partial charge in [-0.2, -0.15) is 0 Å². The number of hydrogen-bond donors (Lipinski definition) is 2. The molecular formula is C27H38ClN3O3. The van der Waals surface area contributed by atoms with Crippen LogP contribution >= 0.6 is 12.4 Å². The maximum absolute atomic E-state index is 13.8. The number of nitrogens with one attached hydrogen (secondary N) is 1. The molecule has 6 nitrogen and oxygen atoms in total. The summed E-state index contributed by atoms with van der Waals surface area (Å²) in [6.45, 7) is 11.9. The van der Waals surface area contributed by atoms with E-state index < -0.39 is 11.5 Å². The molecule has 0 spiro atoms. The van der Waals surface area contributed by atoms with Crippen molar-refractivity contribution in [3.8, 4) is 5.75 Å². The minimum absolute atomic E-state index is 0. The maximum Gasteiger partial charge on any atom is 0.251 e. The Balaban J connectivity index is 0.00000408. The van der Waals surface area contributed by atoms with Gasteiger partial charge in [0.15, 0.2) is 0 Å². The largest absolute Gasteiger partial charge is 0.507 e. The van der Waals surface area contributed by atoms with Gasteiger partial charge in [0.25, 0.3) is 5.91 Å². The number of aromatic hydroxyl groups is 1. The highest BCUT2D eigenvalue weighted by Crippen LogP contribution is 2.38. The maximum atomic E-state index is 13.8. The molecule has 1 atom stereocenters. The number of carbonyl (C=O) groups excluding carboxylic acids is 2. The van der Waals surface area contributed by atoms with E-state index >= 15 is 0 Å². The quantitative estimate of drug-likeness (QED) is 0.561. The van der Waals surface area contributed by atoms with E-state index in [4.69, 9.17) is 0 Å². The lowest BCUT2D eigenvalue weighted by atomic mass is 9.84. The molecule has 1 aliphatic rings. The number of amides is 2. The van der Waals surface area contributed by atoms with Gasteiger partial charge in [0.05, 0.1) is 0 Å². The number of aryl methyl sites for hydroxylation is 1. The van der Waals surface area contributed by atoms with Gasteiger partial charge in [-0.3, -0.25) is 9.59 Å². The van der Waals surface area contributed by atoms with Gasteiger partial charge in [-0.05, 0) is 79.6 Å². The Bertz CT molecular complexity index is 1100. The van der Waals surface area contributed by atoms with Crippen LogP contribution in [0.1, 0.15) is 61.1 Å². The monoisotopic (exact) mass is 487 g/mol. The van der Waals surface area contributed by atoms with Crippen LogP contribution in [0.25, 0.3) is 0 Å². The molecular weight excluding hydrogens is 450 g/mol. The average molecular weight is 488 g/mol. The molecule has 1 unspecified atom stereocenters. The predicted octanol–water partition coefficient (Wildman–Crippen LogP) is 5.31. The van der Waals surface area contributed by atoms with Gasteiger partial charge in [0.1, 0.15) is 11.8 Å². The number of phenolic OH excluding ortho intramolecular Hbond substituents is 1. The summed E-state index contributed by atoms with van der Waals surface area (Å²) in [5.74, 6) is -0.00817. The lowest BCUT2D eigenvalue weighted by Gasteiger charge is -2.40. The molecule has 0 aromatic heterocycles. The Morgan fingerprint density at radius 2 is 1.79 bits per heavy atom. The molecule has 0 radical (unpaired) electrons. The highest BCUT2D eigenvalue weighted by atomic mass is 35.5. The number of halogens is 1. The molecule has 0 fully saturated rings. The smallest absolute Gasteiger partial charge is 0.251 e. The van der Waals surface area contributed by atoms with E-state index in [1.54, 1.807) is 11.0 Å². The van der Waals surface area contributed by atoms with E-state index in [1.165, 1.54) is 0 Å². The number of phenols is 1. The Hall–Kier alpha value is -2.73. The van der Waals surface area contributed by atoms with Crippen LogP contribution in [-0.2, 0) is 16.0 Å². The lowest BCUT2D eigenvalue weighted by molar-refractivity contribution is -0.147. The van der Waals surface area contributed by atoms with E-state index in [1.807, 2.05) is 66.6 Å². The van der Waals surface area contributed by atoms with Gasteiger partial charge < -0.3 is 20.2 Å². The highest BCUT2D eigenvalue weighted by molar-refractivity contribution is 6.00. The van der Waals surface area contributed by atoms with Crippen molar-refractivity contribution in [1.82, 2.24) is 4.90 Å². The second kappa shape index (κ2) is 10.3. The fourth-order valence-electron chi connectivity index (χ4n) is 4.32. The first kappa shape index (κ1) is 27.5. The summed E-state index contributed by atoms with van der Waals surface area (Å²) in [6, 6.07) is 7.21. The number of rotatable bonds is 5. The number of benzene rings is 2. The normalized spacial score (nSPS) is 15.3. The van der Waals surface area contributed by atoms with Crippen molar-refractivity contribution in [2.45, 2.75) is 60.4 Å². The summed E-state index contributed by atoms with van der Waals surface area (Å²) in [7, 11) is 3.93. The standard InChI is InChI=1S/C27H37N3O3.ClH/c1-9-27(5,6)26(33)30-13-12-19-10-11-20(29(7)8)15-21(19)23(30)25(32)28-22-14-16(2)24(31)18(4)17(22)3;/h10-11,14-15,23,31H,9,12-13H2,1-8H3,(H,28,32);1H. The van der Waals surface area contributed by atoms with Gasteiger partial charge in [-0.1, -0.05) is 26.8 Å². The van der Waals surface area contributed by atoms with Crippen molar-refractivity contribution in [3.63, 3.8) is 0 Å². The molecule has 186 valence electrons. The molecule has 2 aromatic rings. The fraction of sp³-hybridized carbons (Fsp3) is 0.481. The molecule has 0 saturated carbocycles. The molecule has 2 amide bonds. The van der Waals surface area contributed by atoms with Crippen LogP contribution in [0.2, 0.25) is 0 Å². The van der Waals surface area contributed by atoms with Gasteiger partial charge in [-0.15, -0.1) is 12.4 Å². The van der Waals surface area contributed by atoms with Crippen LogP contribution in [-0.4, -0.2) is 42.5 Å². The number of hydrogen-bond acceptors (Lipinski definition) is 4. The zero-order chi connectivity index (χ0) is 24.7. The first-order valence-corrected chi connectivity index (χ1v) is 11.6. The van der Waals surface area contributed by atoms with Crippen molar-refractivity contribution < 1.29 is 14.7 Å². The summed E-state index contributed by atoms with van der Waals surface area (Å²) in [5, 5.41) is 13.3. The SMILES string of the molecule is CCC(C)(C)C(=O)N1CCc2ccc(N(C)C)cc2C1C(=O)Nc1cc(C)c(O)c(C)c1C.Cl. The summed E-state index contributed by atoms with van der Waals surface area (Å²) in [6.07, 6.45) is 1.41. The third kappa shape index (κ3) is 5.02. The van der Waals surface area contributed by atoms with Crippen molar-refractivity contribution in [1.29, 1.82) is 0 Å². The number of fused-ring (bicyclic) bond motifs is 1. The van der Waals surface area contributed by atoms with Crippen LogP contribution in [0.3, 0.4) is 0 Å². The third-order valence-electron chi connectivity index (χ3n) is 7.16. The van der Waals surface area contributed by atoms with Crippen LogP contribution in [0.5, 0.6) is 5.75 Å². The summed E-state index contributed by atoms with van der Waals surface area (Å²) in [4.78, 5) is 31.1. The topological polar surface area (TPSA) is 72.9 Å². The van der Waals surface area contributed by atoms with Crippen LogP contribution in [0, 0.1) is 26.2 Å². The average Bonchev–Trinajstić information content (AvgIpc) is 2.79. The van der Waals surface area contributed by atoms with Crippen molar-refractivity contribution in [2.24, 2.45) is 5.41 Å². The molecule has 7 heteroatoms. The van der Waals surface area contributed by atoms with Crippen molar-refractivity contribution >= 4 is 35.6 Å². The molecule has 3 rings (SSSR count). The Morgan fingerprint density at radius 3 is 2.38 bits per heavy atom. The van der Waals surface area contributed by atoms with Gasteiger partial charge >= 0.3 is 0 Å².